The minimum absolute atomic E-state index is 0.268. The third-order valence-corrected chi connectivity index (χ3v) is 1.50. The summed E-state index contributed by atoms with van der Waals surface area (Å²) < 4.78 is 5.14. The van der Waals surface area contributed by atoms with Crippen LogP contribution in [0.4, 0.5) is 0 Å². The van der Waals surface area contributed by atoms with Crippen LogP contribution in [0.15, 0.2) is 12.7 Å². The number of rotatable bonds is 4. The lowest BCUT2D eigenvalue weighted by atomic mass is 10.2. The van der Waals surface area contributed by atoms with Crippen LogP contribution in [0.5, 0.6) is 0 Å². The molecule has 0 saturated carbocycles. The minimum Gasteiger partial charge on any atom is -0.396 e. The van der Waals surface area contributed by atoms with E-state index in [1.165, 1.54) is 0 Å². The van der Waals surface area contributed by atoms with Crippen molar-refractivity contribution < 1.29 is 9.84 Å². The highest BCUT2D eigenvalue weighted by Gasteiger charge is 2.34. The predicted octanol–water partition coefficient (Wildman–Crippen LogP) is 0.712. The van der Waals surface area contributed by atoms with Crippen molar-refractivity contribution in [2.45, 2.75) is 25.0 Å². The molecule has 1 aliphatic rings. The van der Waals surface area contributed by atoms with Gasteiger partial charge in [-0.3, -0.25) is 0 Å². The Morgan fingerprint density at radius 1 is 1.67 bits per heavy atom. The largest absolute Gasteiger partial charge is 0.396 e. The molecular weight excluding hydrogens is 116 g/mol. The molecule has 0 aromatic carbocycles. The first-order valence-electron chi connectivity index (χ1n) is 3.27. The fraction of sp³-hybridized carbons (Fsp3) is 0.714. The lowest BCUT2D eigenvalue weighted by molar-refractivity contribution is 0.273. The van der Waals surface area contributed by atoms with Gasteiger partial charge in [0, 0.05) is 6.61 Å². The van der Waals surface area contributed by atoms with E-state index >= 15 is 0 Å². The summed E-state index contributed by atoms with van der Waals surface area (Å²) >= 11 is 0. The summed E-state index contributed by atoms with van der Waals surface area (Å²) in [7, 11) is 0. The molecule has 0 spiro atoms. The van der Waals surface area contributed by atoms with E-state index in [2.05, 4.69) is 6.58 Å². The van der Waals surface area contributed by atoms with E-state index in [0.717, 1.165) is 12.8 Å². The summed E-state index contributed by atoms with van der Waals surface area (Å²) in [6, 6.07) is 0. The standard InChI is InChI=1S/C7H12O2/c1-2-6-7(9-6)4-3-5-8/h2,6-8H,1,3-5H2. The van der Waals surface area contributed by atoms with Gasteiger partial charge in [0.2, 0.25) is 0 Å². The Morgan fingerprint density at radius 2 is 2.44 bits per heavy atom. The molecule has 2 nitrogen and oxygen atoms in total. The molecule has 2 heteroatoms. The van der Waals surface area contributed by atoms with E-state index in [0.29, 0.717) is 6.10 Å². The Balaban J connectivity index is 1.98. The van der Waals surface area contributed by atoms with E-state index < -0.39 is 0 Å². The predicted molar refractivity (Wildman–Crippen MR) is 35.2 cm³/mol. The Labute approximate surface area is 55.1 Å². The quantitative estimate of drug-likeness (QED) is 0.447. The van der Waals surface area contributed by atoms with Gasteiger partial charge in [-0.15, -0.1) is 6.58 Å². The Kier molecular flexibility index (Phi) is 2.25. The van der Waals surface area contributed by atoms with Gasteiger partial charge in [0.1, 0.15) is 6.10 Å². The second kappa shape index (κ2) is 2.99. The van der Waals surface area contributed by atoms with Crippen molar-refractivity contribution in [1.82, 2.24) is 0 Å². The van der Waals surface area contributed by atoms with E-state index in [4.69, 9.17) is 9.84 Å². The van der Waals surface area contributed by atoms with Gasteiger partial charge in [-0.2, -0.15) is 0 Å². The molecule has 1 saturated heterocycles. The molecule has 9 heavy (non-hydrogen) atoms. The number of epoxide rings is 1. The van der Waals surface area contributed by atoms with Crippen LogP contribution < -0.4 is 0 Å². The van der Waals surface area contributed by atoms with Crippen molar-refractivity contribution in [3.63, 3.8) is 0 Å². The summed E-state index contributed by atoms with van der Waals surface area (Å²) in [4.78, 5) is 0. The SMILES string of the molecule is C=CC1OC1CCCO. The summed E-state index contributed by atoms with van der Waals surface area (Å²) in [5.41, 5.74) is 0. The first kappa shape index (κ1) is 6.78. The van der Waals surface area contributed by atoms with Crippen molar-refractivity contribution in [2.75, 3.05) is 6.61 Å². The number of hydrogen-bond acceptors (Lipinski definition) is 2. The van der Waals surface area contributed by atoms with Crippen molar-refractivity contribution in [3.8, 4) is 0 Å². The summed E-state index contributed by atoms with van der Waals surface area (Å²) in [5.74, 6) is 0. The van der Waals surface area contributed by atoms with Crippen molar-refractivity contribution >= 4 is 0 Å². The second-order valence-electron chi connectivity index (χ2n) is 2.24. The van der Waals surface area contributed by atoms with Crippen LogP contribution in [0.1, 0.15) is 12.8 Å². The molecule has 1 aliphatic heterocycles. The van der Waals surface area contributed by atoms with Crippen LogP contribution in [0.25, 0.3) is 0 Å². The normalized spacial score (nSPS) is 32.1. The van der Waals surface area contributed by atoms with E-state index in [-0.39, 0.29) is 12.7 Å². The molecule has 0 aliphatic carbocycles. The zero-order valence-electron chi connectivity index (χ0n) is 5.42. The lowest BCUT2D eigenvalue weighted by Crippen LogP contribution is -1.92. The van der Waals surface area contributed by atoms with Crippen LogP contribution in [-0.4, -0.2) is 23.9 Å². The number of aliphatic hydroxyl groups is 1. The highest BCUT2D eigenvalue weighted by Crippen LogP contribution is 2.26. The maximum absolute atomic E-state index is 8.42. The summed E-state index contributed by atoms with van der Waals surface area (Å²) in [6.45, 7) is 3.86. The monoisotopic (exact) mass is 128 g/mol. The van der Waals surface area contributed by atoms with E-state index in [1.54, 1.807) is 0 Å². The highest BCUT2D eigenvalue weighted by atomic mass is 16.6. The highest BCUT2D eigenvalue weighted by molar-refractivity contribution is 4.97. The van der Waals surface area contributed by atoms with Crippen molar-refractivity contribution in [2.24, 2.45) is 0 Å². The Hall–Kier alpha value is -0.340. The van der Waals surface area contributed by atoms with Crippen molar-refractivity contribution in [1.29, 1.82) is 0 Å². The third kappa shape index (κ3) is 1.80. The molecule has 1 N–H and O–H groups in total. The van der Waals surface area contributed by atoms with E-state index in [1.807, 2.05) is 6.08 Å². The number of aliphatic hydroxyl groups excluding tert-OH is 1. The molecule has 1 heterocycles. The lowest BCUT2D eigenvalue weighted by Gasteiger charge is -1.87. The zero-order valence-corrected chi connectivity index (χ0v) is 5.42. The molecule has 1 fully saturated rings. The van der Waals surface area contributed by atoms with Crippen LogP contribution in [-0.2, 0) is 4.74 Å². The Morgan fingerprint density at radius 3 is 2.89 bits per heavy atom. The van der Waals surface area contributed by atoms with Crippen LogP contribution in [0.2, 0.25) is 0 Å². The van der Waals surface area contributed by atoms with Gasteiger partial charge >= 0.3 is 0 Å². The first-order valence-corrected chi connectivity index (χ1v) is 3.27. The maximum Gasteiger partial charge on any atom is 0.102 e. The summed E-state index contributed by atoms with van der Waals surface area (Å²) in [5, 5.41) is 8.42. The molecule has 2 atom stereocenters. The molecule has 0 aromatic heterocycles. The molecule has 0 aromatic rings. The van der Waals surface area contributed by atoms with E-state index in [9.17, 15) is 0 Å². The molecule has 0 radical (unpaired) electrons. The first-order chi connectivity index (χ1) is 4.38. The maximum atomic E-state index is 8.42. The third-order valence-electron chi connectivity index (χ3n) is 1.50. The van der Waals surface area contributed by atoms with Gasteiger partial charge < -0.3 is 9.84 Å². The van der Waals surface area contributed by atoms with Gasteiger partial charge in [-0.05, 0) is 12.8 Å². The average Bonchev–Trinajstić information content (AvgIpc) is 2.62. The topological polar surface area (TPSA) is 32.8 Å². The van der Waals surface area contributed by atoms with Gasteiger partial charge in [-0.1, -0.05) is 6.08 Å². The van der Waals surface area contributed by atoms with Gasteiger partial charge in [0.05, 0.1) is 6.10 Å². The smallest absolute Gasteiger partial charge is 0.102 e. The Bertz CT molecular complexity index is 101. The molecule has 0 bridgehead atoms. The average molecular weight is 128 g/mol. The van der Waals surface area contributed by atoms with Gasteiger partial charge in [0.15, 0.2) is 0 Å². The molecule has 1 rings (SSSR count). The summed E-state index contributed by atoms with van der Waals surface area (Å²) in [6.07, 6.45) is 4.25. The van der Waals surface area contributed by atoms with Crippen LogP contribution >= 0.6 is 0 Å². The minimum atomic E-state index is 0.268. The number of hydrogen-bond donors (Lipinski definition) is 1. The van der Waals surface area contributed by atoms with Gasteiger partial charge in [0.25, 0.3) is 0 Å². The van der Waals surface area contributed by atoms with Crippen LogP contribution in [0.3, 0.4) is 0 Å². The second-order valence-corrected chi connectivity index (χ2v) is 2.24. The fourth-order valence-electron chi connectivity index (χ4n) is 0.889. The zero-order chi connectivity index (χ0) is 6.69. The van der Waals surface area contributed by atoms with Crippen LogP contribution in [0, 0.1) is 0 Å². The van der Waals surface area contributed by atoms with Gasteiger partial charge in [-0.25, -0.2) is 0 Å². The molecular formula is C7H12O2. The molecule has 52 valence electrons. The molecule has 0 amide bonds. The number of ether oxygens (including phenoxy) is 1. The van der Waals surface area contributed by atoms with Crippen molar-refractivity contribution in [3.05, 3.63) is 12.7 Å². The fourth-order valence-corrected chi connectivity index (χ4v) is 0.889. The molecule has 2 unspecified atom stereocenters.